The van der Waals surface area contributed by atoms with Gasteiger partial charge in [0, 0.05) is 12.3 Å². The minimum absolute atomic E-state index is 0.411. The first-order valence-electron chi connectivity index (χ1n) is 3.50. The maximum absolute atomic E-state index is 11.1. The summed E-state index contributed by atoms with van der Waals surface area (Å²) in [5.74, 6) is 1.64. The van der Waals surface area contributed by atoms with E-state index in [1.807, 2.05) is 0 Å². The largest absolute Gasteiger partial charge is 0.299 e. The summed E-state index contributed by atoms with van der Waals surface area (Å²) >= 11 is 5.01. The van der Waals surface area contributed by atoms with Gasteiger partial charge >= 0.3 is 0 Å². The van der Waals surface area contributed by atoms with Crippen LogP contribution in [0.4, 0.5) is 0 Å². The Morgan fingerprint density at radius 3 is 2.50 bits per heavy atom. The third-order valence-electron chi connectivity index (χ3n) is 2.59. The van der Waals surface area contributed by atoms with Gasteiger partial charge in [-0.2, -0.15) is 0 Å². The highest BCUT2D eigenvalue weighted by Crippen LogP contribution is 2.57. The maximum Gasteiger partial charge on any atom is 0.136 e. The normalized spacial score (nSPS) is 42.8. The van der Waals surface area contributed by atoms with Gasteiger partial charge < -0.3 is 0 Å². The van der Waals surface area contributed by atoms with Crippen LogP contribution >= 0.6 is 45.2 Å². The summed E-state index contributed by atoms with van der Waals surface area (Å²) in [6.45, 7) is 0. The molecule has 2 aliphatic carbocycles. The topological polar surface area (TPSA) is 17.1 Å². The first kappa shape index (κ1) is 7.76. The average molecular weight is 362 g/mol. The molecule has 56 valence electrons. The lowest BCUT2D eigenvalue weighted by Crippen LogP contribution is -2.24. The van der Waals surface area contributed by atoms with Crippen LogP contribution in [0.1, 0.15) is 19.3 Å². The van der Waals surface area contributed by atoms with Gasteiger partial charge in [-0.25, -0.2) is 0 Å². The van der Waals surface area contributed by atoms with Crippen molar-refractivity contribution in [2.45, 2.75) is 20.7 Å². The van der Waals surface area contributed by atoms with Gasteiger partial charge in [0.25, 0.3) is 0 Å². The van der Waals surface area contributed by atoms with Gasteiger partial charge in [-0.3, -0.25) is 4.79 Å². The van der Waals surface area contributed by atoms with Crippen LogP contribution in [0.5, 0.6) is 0 Å². The highest BCUT2D eigenvalue weighted by atomic mass is 127. The summed E-state index contributed by atoms with van der Waals surface area (Å²) in [6.07, 6.45) is 3.15. The highest BCUT2D eigenvalue weighted by molar-refractivity contribution is 14.2. The molecule has 2 rings (SSSR count). The van der Waals surface area contributed by atoms with Crippen molar-refractivity contribution < 1.29 is 4.79 Å². The lowest BCUT2D eigenvalue weighted by atomic mass is 9.99. The summed E-state index contributed by atoms with van der Waals surface area (Å²) in [5.41, 5.74) is 0. The molecule has 0 radical (unpaired) electrons. The minimum atomic E-state index is 0.411. The number of Topliss-reactive ketones (excluding diaryl/α,β-unsaturated/α-hetero) is 1. The lowest BCUT2D eigenvalue weighted by Gasteiger charge is -2.24. The number of carbonyl (C=O) groups excluding carboxylic acids is 1. The third-order valence-corrected chi connectivity index (χ3v) is 5.23. The number of alkyl halides is 2. The predicted octanol–water partition coefficient (Wildman–Crippen LogP) is 2.55. The Kier molecular flexibility index (Phi) is 1.79. The van der Waals surface area contributed by atoms with Crippen LogP contribution in [0.15, 0.2) is 0 Å². The van der Waals surface area contributed by atoms with Crippen molar-refractivity contribution in [3.63, 3.8) is 0 Å². The van der Waals surface area contributed by atoms with E-state index in [1.165, 1.54) is 6.42 Å². The average Bonchev–Trinajstić information content (AvgIpc) is 2.21. The van der Waals surface area contributed by atoms with Crippen LogP contribution < -0.4 is 0 Å². The van der Waals surface area contributed by atoms with Gasteiger partial charge in [0.1, 0.15) is 5.78 Å². The van der Waals surface area contributed by atoms with Gasteiger partial charge in [-0.05, 0) is 18.8 Å². The highest BCUT2D eigenvalue weighted by Gasteiger charge is 2.52. The molecule has 2 fully saturated rings. The minimum Gasteiger partial charge on any atom is -0.299 e. The van der Waals surface area contributed by atoms with Gasteiger partial charge in [-0.15, -0.1) is 0 Å². The van der Waals surface area contributed by atoms with E-state index in [2.05, 4.69) is 45.2 Å². The van der Waals surface area contributed by atoms with Crippen LogP contribution in [0.2, 0.25) is 0 Å². The second kappa shape index (κ2) is 2.31. The van der Waals surface area contributed by atoms with E-state index < -0.39 is 0 Å². The second-order valence-corrected chi connectivity index (χ2v) is 9.18. The molecule has 1 nitrogen and oxygen atoms in total. The van der Waals surface area contributed by atoms with E-state index in [0.29, 0.717) is 19.0 Å². The van der Waals surface area contributed by atoms with Crippen LogP contribution in [-0.2, 0) is 4.79 Å². The van der Waals surface area contributed by atoms with Crippen LogP contribution in [0, 0.1) is 11.8 Å². The molecule has 0 aliphatic heterocycles. The van der Waals surface area contributed by atoms with E-state index >= 15 is 0 Å². The zero-order valence-electron chi connectivity index (χ0n) is 5.44. The number of rotatable bonds is 0. The molecule has 0 aromatic rings. The maximum atomic E-state index is 11.1. The fourth-order valence-corrected chi connectivity index (χ4v) is 3.99. The smallest absolute Gasteiger partial charge is 0.136 e. The first-order chi connectivity index (χ1) is 4.59. The number of hydrogen-bond acceptors (Lipinski definition) is 1. The summed E-state index contributed by atoms with van der Waals surface area (Å²) in [4.78, 5) is 11.1. The lowest BCUT2D eigenvalue weighted by molar-refractivity contribution is -0.121. The Labute approximate surface area is 87.6 Å². The molecule has 2 atom stereocenters. The van der Waals surface area contributed by atoms with Gasteiger partial charge in [0.2, 0.25) is 0 Å². The van der Waals surface area contributed by atoms with Crippen molar-refractivity contribution in [1.29, 1.82) is 0 Å². The molecular formula is C7H8I2O. The molecule has 2 aliphatic rings. The molecule has 0 N–H and O–H groups in total. The van der Waals surface area contributed by atoms with Gasteiger partial charge in [0.05, 0.1) is 1.43 Å². The van der Waals surface area contributed by atoms with Crippen molar-refractivity contribution in [2.75, 3.05) is 0 Å². The molecule has 0 unspecified atom stereocenters. The Morgan fingerprint density at radius 1 is 1.50 bits per heavy atom. The Morgan fingerprint density at radius 2 is 2.20 bits per heavy atom. The second-order valence-electron chi connectivity index (χ2n) is 3.27. The Hall–Kier alpha value is 1.13. The monoisotopic (exact) mass is 362 g/mol. The van der Waals surface area contributed by atoms with Crippen molar-refractivity contribution in [2.24, 2.45) is 11.8 Å². The van der Waals surface area contributed by atoms with E-state index in [-0.39, 0.29) is 0 Å². The Bertz CT molecular complexity index is 188. The fourth-order valence-electron chi connectivity index (χ4n) is 1.98. The molecule has 0 amide bonds. The molecule has 0 saturated heterocycles. The van der Waals surface area contributed by atoms with Gasteiger partial charge in [-0.1, -0.05) is 45.2 Å². The van der Waals surface area contributed by atoms with Crippen molar-refractivity contribution in [1.82, 2.24) is 0 Å². The van der Waals surface area contributed by atoms with Crippen LogP contribution in [0.25, 0.3) is 0 Å². The van der Waals surface area contributed by atoms with Crippen molar-refractivity contribution in [3.8, 4) is 0 Å². The number of hydrogen-bond donors (Lipinski definition) is 0. The van der Waals surface area contributed by atoms with Crippen LogP contribution in [0.3, 0.4) is 0 Å². The molecule has 2 bridgehead atoms. The summed E-state index contributed by atoms with van der Waals surface area (Å²) in [6, 6.07) is 0. The molecule has 0 aromatic carbocycles. The zero-order chi connectivity index (χ0) is 7.35. The van der Waals surface area contributed by atoms with E-state index in [1.54, 1.807) is 0 Å². The number of ketones is 1. The number of fused-ring (bicyclic) bond motifs is 2. The summed E-state index contributed by atoms with van der Waals surface area (Å²) in [7, 11) is 0. The zero-order valence-corrected chi connectivity index (χ0v) is 9.76. The summed E-state index contributed by atoms with van der Waals surface area (Å²) < 4.78 is 0.411. The standard InChI is InChI=1S/C7H8I2O/c8-7(9)3-4-1-5(7)2-6(4)10/h4-5H,1-3H2/t4-,5-/m0/s1. The number of carbonyl (C=O) groups is 1. The Balaban J connectivity index is 2.24. The third kappa shape index (κ3) is 1.04. The molecule has 2 saturated carbocycles. The quantitative estimate of drug-likeness (QED) is 0.478. The molecule has 10 heavy (non-hydrogen) atoms. The van der Waals surface area contributed by atoms with Gasteiger partial charge in [0.15, 0.2) is 0 Å². The van der Waals surface area contributed by atoms with E-state index in [9.17, 15) is 4.79 Å². The molecule has 0 heterocycles. The fraction of sp³-hybridized carbons (Fsp3) is 0.857. The molecule has 0 aromatic heterocycles. The molecular weight excluding hydrogens is 354 g/mol. The molecule has 0 spiro atoms. The predicted molar refractivity (Wildman–Crippen MR) is 56.6 cm³/mol. The SMILES string of the molecule is O=C1C[C@@H]2C[C@H]1CC2(I)I. The number of halogens is 2. The first-order valence-corrected chi connectivity index (χ1v) is 5.66. The molecule has 3 heteroatoms. The van der Waals surface area contributed by atoms with Crippen molar-refractivity contribution >= 4 is 51.0 Å². The summed E-state index contributed by atoms with van der Waals surface area (Å²) in [5, 5.41) is 0. The van der Waals surface area contributed by atoms with E-state index in [4.69, 9.17) is 0 Å². The van der Waals surface area contributed by atoms with Crippen LogP contribution in [-0.4, -0.2) is 7.21 Å². The van der Waals surface area contributed by atoms with E-state index in [0.717, 1.165) is 12.8 Å². The van der Waals surface area contributed by atoms with Crippen molar-refractivity contribution in [3.05, 3.63) is 0 Å².